The second-order valence-corrected chi connectivity index (χ2v) is 5.39. The van der Waals surface area contributed by atoms with Gasteiger partial charge in [-0.05, 0) is 31.7 Å². The number of nitrogens with zero attached hydrogens (tertiary/aromatic N) is 1. The van der Waals surface area contributed by atoms with Crippen molar-refractivity contribution in [2.45, 2.75) is 19.5 Å². The molecule has 3 nitrogen and oxygen atoms in total. The average molecular weight is 293 g/mol. The normalized spacial score (nSPS) is 12.8. The molecule has 0 radical (unpaired) electrons. The van der Waals surface area contributed by atoms with E-state index in [0.717, 1.165) is 24.7 Å². The van der Waals surface area contributed by atoms with Crippen LogP contribution in [0.2, 0.25) is 5.02 Å². The zero-order valence-electron chi connectivity index (χ0n) is 12.0. The van der Waals surface area contributed by atoms with E-state index in [4.69, 9.17) is 16.0 Å². The fourth-order valence-corrected chi connectivity index (χ4v) is 2.42. The molecule has 0 fully saturated rings. The first-order valence-electron chi connectivity index (χ1n) is 6.85. The van der Waals surface area contributed by atoms with Crippen molar-refractivity contribution in [2.24, 2.45) is 0 Å². The second-order valence-electron chi connectivity index (χ2n) is 4.99. The molecule has 1 aromatic heterocycles. The fraction of sp³-hybridized carbons (Fsp3) is 0.375. The van der Waals surface area contributed by atoms with Gasteiger partial charge in [0.1, 0.15) is 0 Å². The van der Waals surface area contributed by atoms with Crippen molar-refractivity contribution in [3.63, 3.8) is 0 Å². The Bertz CT molecular complexity index is 513. The Hall–Kier alpha value is -1.29. The zero-order chi connectivity index (χ0) is 14.4. The van der Waals surface area contributed by atoms with E-state index in [2.05, 4.69) is 30.3 Å². The van der Waals surface area contributed by atoms with E-state index >= 15 is 0 Å². The number of benzene rings is 1. The molecule has 0 aliphatic rings. The smallest absolute Gasteiger partial charge is 0.0947 e. The molecule has 1 heterocycles. The third-order valence-electron chi connectivity index (χ3n) is 3.57. The largest absolute Gasteiger partial charge is 0.472 e. The van der Waals surface area contributed by atoms with Crippen LogP contribution < -0.4 is 5.32 Å². The SMILES string of the molecule is CC(c1ccccc1Cl)N(C)CCNCc1ccoc1. The van der Waals surface area contributed by atoms with Gasteiger partial charge in [-0.25, -0.2) is 0 Å². The van der Waals surface area contributed by atoms with E-state index in [1.165, 1.54) is 11.1 Å². The van der Waals surface area contributed by atoms with Gasteiger partial charge in [0.15, 0.2) is 0 Å². The molecule has 0 spiro atoms. The molecule has 1 N–H and O–H groups in total. The number of hydrogen-bond acceptors (Lipinski definition) is 3. The summed E-state index contributed by atoms with van der Waals surface area (Å²) >= 11 is 6.24. The van der Waals surface area contributed by atoms with Crippen molar-refractivity contribution in [2.75, 3.05) is 20.1 Å². The van der Waals surface area contributed by atoms with Gasteiger partial charge in [-0.3, -0.25) is 4.90 Å². The summed E-state index contributed by atoms with van der Waals surface area (Å²) in [7, 11) is 2.12. The van der Waals surface area contributed by atoms with Crippen LogP contribution in [0.15, 0.2) is 47.3 Å². The van der Waals surface area contributed by atoms with Crippen LogP contribution in [-0.2, 0) is 6.54 Å². The lowest BCUT2D eigenvalue weighted by Gasteiger charge is -2.25. The molecule has 108 valence electrons. The van der Waals surface area contributed by atoms with Crippen molar-refractivity contribution in [1.82, 2.24) is 10.2 Å². The van der Waals surface area contributed by atoms with Crippen LogP contribution in [0.4, 0.5) is 0 Å². The molecule has 0 aliphatic carbocycles. The van der Waals surface area contributed by atoms with Gasteiger partial charge in [0.25, 0.3) is 0 Å². The van der Waals surface area contributed by atoms with E-state index < -0.39 is 0 Å². The van der Waals surface area contributed by atoms with Gasteiger partial charge in [-0.2, -0.15) is 0 Å². The second kappa shape index (κ2) is 7.48. The number of furan rings is 1. The molecular formula is C16H21ClN2O. The number of halogens is 1. The van der Waals surface area contributed by atoms with E-state index in [0.29, 0.717) is 6.04 Å². The van der Waals surface area contributed by atoms with Crippen LogP contribution in [0.5, 0.6) is 0 Å². The molecule has 2 aromatic rings. The topological polar surface area (TPSA) is 28.4 Å². The Kier molecular flexibility index (Phi) is 5.65. The summed E-state index contributed by atoms with van der Waals surface area (Å²) in [5.74, 6) is 0. The Balaban J connectivity index is 1.77. The Morgan fingerprint density at radius 3 is 2.80 bits per heavy atom. The predicted molar refractivity (Wildman–Crippen MR) is 82.9 cm³/mol. The summed E-state index contributed by atoms with van der Waals surface area (Å²) in [5, 5.41) is 4.24. The highest BCUT2D eigenvalue weighted by Crippen LogP contribution is 2.25. The van der Waals surface area contributed by atoms with E-state index in [9.17, 15) is 0 Å². The molecule has 1 unspecified atom stereocenters. The molecule has 0 bridgehead atoms. The monoisotopic (exact) mass is 292 g/mol. The minimum atomic E-state index is 0.305. The summed E-state index contributed by atoms with van der Waals surface area (Å²) in [6.45, 7) is 4.91. The van der Waals surface area contributed by atoms with E-state index in [1.807, 2.05) is 24.3 Å². The predicted octanol–water partition coefficient (Wildman–Crippen LogP) is 3.72. The lowest BCUT2D eigenvalue weighted by molar-refractivity contribution is 0.261. The third-order valence-corrected chi connectivity index (χ3v) is 3.91. The molecule has 20 heavy (non-hydrogen) atoms. The van der Waals surface area contributed by atoms with Crippen LogP contribution in [-0.4, -0.2) is 25.0 Å². The molecular weight excluding hydrogens is 272 g/mol. The molecule has 4 heteroatoms. The third kappa shape index (κ3) is 4.10. The van der Waals surface area contributed by atoms with E-state index in [-0.39, 0.29) is 0 Å². The van der Waals surface area contributed by atoms with E-state index in [1.54, 1.807) is 12.5 Å². The number of rotatable bonds is 7. The Morgan fingerprint density at radius 1 is 1.30 bits per heavy atom. The van der Waals surface area contributed by atoms with Crippen molar-refractivity contribution < 1.29 is 4.42 Å². The molecule has 2 rings (SSSR count). The molecule has 0 saturated carbocycles. The van der Waals surface area contributed by atoms with Gasteiger partial charge in [-0.1, -0.05) is 29.8 Å². The standard InChI is InChI=1S/C16H21ClN2O/c1-13(15-5-3-4-6-16(15)17)19(2)9-8-18-11-14-7-10-20-12-14/h3-7,10,12-13,18H,8-9,11H2,1-2H3. The molecule has 0 amide bonds. The van der Waals surface area contributed by atoms with Gasteiger partial charge in [0.2, 0.25) is 0 Å². The van der Waals surface area contributed by atoms with Crippen molar-refractivity contribution in [1.29, 1.82) is 0 Å². The van der Waals surface area contributed by atoms with Crippen molar-refractivity contribution in [3.05, 3.63) is 59.0 Å². The maximum Gasteiger partial charge on any atom is 0.0947 e. The number of hydrogen-bond donors (Lipinski definition) is 1. The van der Waals surface area contributed by atoms with Crippen LogP contribution in [0.25, 0.3) is 0 Å². The molecule has 0 aliphatic heterocycles. The molecule has 1 aromatic carbocycles. The fourth-order valence-electron chi connectivity index (χ4n) is 2.13. The summed E-state index contributed by atoms with van der Waals surface area (Å²) < 4.78 is 5.04. The van der Waals surface area contributed by atoms with Gasteiger partial charge in [-0.15, -0.1) is 0 Å². The zero-order valence-corrected chi connectivity index (χ0v) is 12.7. The highest BCUT2D eigenvalue weighted by atomic mass is 35.5. The van der Waals surface area contributed by atoms with Gasteiger partial charge >= 0.3 is 0 Å². The number of likely N-dealkylation sites (N-methyl/N-ethyl adjacent to an activating group) is 1. The quantitative estimate of drug-likeness (QED) is 0.789. The highest BCUT2D eigenvalue weighted by molar-refractivity contribution is 6.31. The Labute approximate surface area is 125 Å². The maximum atomic E-state index is 6.24. The summed E-state index contributed by atoms with van der Waals surface area (Å²) in [4.78, 5) is 2.30. The highest BCUT2D eigenvalue weighted by Gasteiger charge is 2.13. The lowest BCUT2D eigenvalue weighted by Crippen LogP contribution is -2.31. The van der Waals surface area contributed by atoms with Crippen LogP contribution in [0.3, 0.4) is 0 Å². The number of nitrogens with one attached hydrogen (secondary N) is 1. The maximum absolute atomic E-state index is 6.24. The first-order chi connectivity index (χ1) is 9.68. The summed E-state index contributed by atoms with van der Waals surface area (Å²) in [6, 6.07) is 10.3. The van der Waals surface area contributed by atoms with Gasteiger partial charge in [0, 0.05) is 36.3 Å². The van der Waals surface area contributed by atoms with Crippen LogP contribution >= 0.6 is 11.6 Å². The first-order valence-corrected chi connectivity index (χ1v) is 7.22. The lowest BCUT2D eigenvalue weighted by atomic mass is 10.1. The molecule has 0 saturated heterocycles. The van der Waals surface area contributed by atoms with Gasteiger partial charge in [0.05, 0.1) is 12.5 Å². The van der Waals surface area contributed by atoms with Crippen LogP contribution in [0.1, 0.15) is 24.1 Å². The first kappa shape index (κ1) is 15.1. The summed E-state index contributed by atoms with van der Waals surface area (Å²) in [6.07, 6.45) is 3.46. The van der Waals surface area contributed by atoms with Crippen molar-refractivity contribution in [3.8, 4) is 0 Å². The molecule has 1 atom stereocenters. The summed E-state index contributed by atoms with van der Waals surface area (Å²) in [5.41, 5.74) is 2.35. The van der Waals surface area contributed by atoms with Crippen LogP contribution in [0, 0.1) is 0 Å². The minimum absolute atomic E-state index is 0.305. The van der Waals surface area contributed by atoms with Crippen molar-refractivity contribution >= 4 is 11.6 Å². The average Bonchev–Trinajstić information content (AvgIpc) is 2.96. The van der Waals surface area contributed by atoms with Gasteiger partial charge < -0.3 is 9.73 Å². The minimum Gasteiger partial charge on any atom is -0.472 e. The Morgan fingerprint density at radius 2 is 2.10 bits per heavy atom.